The Kier molecular flexibility index (Phi) is 4.92. The van der Waals surface area contributed by atoms with Crippen LogP contribution >= 0.6 is 0 Å². The second kappa shape index (κ2) is 7.28. The number of carbonyl (C=O) groups is 1. The maximum absolute atomic E-state index is 12.2. The van der Waals surface area contributed by atoms with Gasteiger partial charge in [0.1, 0.15) is 11.9 Å². The van der Waals surface area contributed by atoms with E-state index in [4.69, 9.17) is 4.74 Å². The fraction of sp³-hybridized carbons (Fsp3) is 0.412. The van der Waals surface area contributed by atoms with E-state index in [0.29, 0.717) is 13.1 Å². The van der Waals surface area contributed by atoms with Gasteiger partial charge in [0.2, 0.25) is 5.91 Å². The molecule has 1 amide bonds. The van der Waals surface area contributed by atoms with Crippen LogP contribution < -0.4 is 10.1 Å². The highest BCUT2D eigenvalue weighted by atomic mass is 16.5. The molecular formula is C17H22N4O2. The van der Waals surface area contributed by atoms with Gasteiger partial charge in [-0.15, -0.1) is 0 Å². The first-order chi connectivity index (χ1) is 11.2. The highest BCUT2D eigenvalue weighted by molar-refractivity contribution is 5.78. The Morgan fingerprint density at radius 1 is 1.48 bits per heavy atom. The smallest absolute Gasteiger partial charge is 0.234 e. The van der Waals surface area contributed by atoms with E-state index in [-0.39, 0.29) is 12.0 Å². The van der Waals surface area contributed by atoms with E-state index >= 15 is 0 Å². The van der Waals surface area contributed by atoms with E-state index in [9.17, 15) is 4.79 Å². The Labute approximate surface area is 135 Å². The fourth-order valence-electron chi connectivity index (χ4n) is 2.81. The van der Waals surface area contributed by atoms with Crippen molar-refractivity contribution < 1.29 is 9.53 Å². The lowest BCUT2D eigenvalue weighted by Crippen LogP contribution is -2.40. The number of nitrogens with one attached hydrogen (secondary N) is 2. The summed E-state index contributed by atoms with van der Waals surface area (Å²) in [7, 11) is 0. The SMILES string of the molecule is CC1CN(CC(=O)NCCc2cn[nH]c2)Cc2ccccc2O1. The molecule has 1 aromatic heterocycles. The van der Waals surface area contributed by atoms with Gasteiger partial charge in [0, 0.05) is 31.4 Å². The number of hydrogen-bond acceptors (Lipinski definition) is 4. The Morgan fingerprint density at radius 3 is 3.17 bits per heavy atom. The second-order valence-corrected chi connectivity index (χ2v) is 5.91. The van der Waals surface area contributed by atoms with Crippen LogP contribution in [0.25, 0.3) is 0 Å². The molecule has 122 valence electrons. The van der Waals surface area contributed by atoms with Gasteiger partial charge in [-0.3, -0.25) is 14.8 Å². The van der Waals surface area contributed by atoms with E-state index in [1.165, 1.54) is 0 Å². The second-order valence-electron chi connectivity index (χ2n) is 5.91. The van der Waals surface area contributed by atoms with Crippen molar-refractivity contribution in [3.63, 3.8) is 0 Å². The maximum Gasteiger partial charge on any atom is 0.234 e. The summed E-state index contributed by atoms with van der Waals surface area (Å²) in [5.74, 6) is 0.961. The van der Waals surface area contributed by atoms with E-state index in [1.54, 1.807) is 6.20 Å². The molecule has 1 aromatic carbocycles. The lowest BCUT2D eigenvalue weighted by Gasteiger charge is -2.21. The van der Waals surface area contributed by atoms with Gasteiger partial charge in [-0.25, -0.2) is 0 Å². The summed E-state index contributed by atoms with van der Waals surface area (Å²) in [6, 6.07) is 8.02. The van der Waals surface area contributed by atoms with Crippen molar-refractivity contribution in [1.29, 1.82) is 0 Å². The van der Waals surface area contributed by atoms with E-state index < -0.39 is 0 Å². The third-order valence-electron chi connectivity index (χ3n) is 3.87. The Morgan fingerprint density at radius 2 is 2.35 bits per heavy atom. The minimum atomic E-state index is 0.0417. The average molecular weight is 314 g/mol. The number of amides is 1. The van der Waals surface area contributed by atoms with Gasteiger partial charge in [-0.1, -0.05) is 18.2 Å². The molecule has 0 fully saturated rings. The van der Waals surface area contributed by atoms with E-state index in [0.717, 1.165) is 36.4 Å². The topological polar surface area (TPSA) is 70.2 Å². The summed E-state index contributed by atoms with van der Waals surface area (Å²) >= 11 is 0. The van der Waals surface area contributed by atoms with Gasteiger partial charge in [-0.2, -0.15) is 5.10 Å². The van der Waals surface area contributed by atoms with Crippen LogP contribution in [-0.4, -0.2) is 46.7 Å². The Bertz CT molecular complexity index is 642. The Hall–Kier alpha value is -2.34. The van der Waals surface area contributed by atoms with Crippen LogP contribution in [-0.2, 0) is 17.8 Å². The molecule has 0 radical (unpaired) electrons. The zero-order valence-corrected chi connectivity index (χ0v) is 13.3. The minimum absolute atomic E-state index is 0.0417. The van der Waals surface area contributed by atoms with Crippen LogP contribution in [0.5, 0.6) is 5.75 Å². The van der Waals surface area contributed by atoms with Crippen LogP contribution in [0.3, 0.4) is 0 Å². The number of aromatic amines is 1. The molecule has 3 rings (SSSR count). The number of fused-ring (bicyclic) bond motifs is 1. The van der Waals surface area contributed by atoms with Gasteiger partial charge in [0.15, 0.2) is 0 Å². The molecule has 0 saturated carbocycles. The number of benzene rings is 1. The first kappa shape index (κ1) is 15.6. The number of aromatic nitrogens is 2. The minimum Gasteiger partial charge on any atom is -0.489 e. The van der Waals surface area contributed by atoms with Crippen molar-refractivity contribution in [2.45, 2.75) is 26.0 Å². The van der Waals surface area contributed by atoms with Gasteiger partial charge in [0.25, 0.3) is 0 Å². The highest BCUT2D eigenvalue weighted by Gasteiger charge is 2.21. The third kappa shape index (κ3) is 4.32. The molecule has 0 spiro atoms. The number of ether oxygens (including phenoxy) is 1. The number of H-pyrrole nitrogens is 1. The molecule has 2 aromatic rings. The van der Waals surface area contributed by atoms with Crippen LogP contribution in [0.1, 0.15) is 18.1 Å². The summed E-state index contributed by atoms with van der Waals surface area (Å²) in [5, 5.41) is 9.63. The molecule has 0 saturated heterocycles. The lowest BCUT2D eigenvalue weighted by atomic mass is 10.2. The molecule has 1 aliphatic rings. The van der Waals surface area contributed by atoms with Crippen molar-refractivity contribution in [2.75, 3.05) is 19.6 Å². The monoisotopic (exact) mass is 314 g/mol. The molecule has 6 heteroatoms. The predicted octanol–water partition coefficient (Wildman–Crippen LogP) is 1.35. The normalized spacial score (nSPS) is 17.9. The van der Waals surface area contributed by atoms with E-state index in [2.05, 4.69) is 26.5 Å². The lowest BCUT2D eigenvalue weighted by molar-refractivity contribution is -0.122. The molecule has 6 nitrogen and oxygen atoms in total. The highest BCUT2D eigenvalue weighted by Crippen LogP contribution is 2.24. The zero-order chi connectivity index (χ0) is 16.1. The van der Waals surface area contributed by atoms with Crippen molar-refractivity contribution in [1.82, 2.24) is 20.4 Å². The molecule has 1 aliphatic heterocycles. The van der Waals surface area contributed by atoms with Gasteiger partial charge < -0.3 is 10.1 Å². The van der Waals surface area contributed by atoms with Gasteiger partial charge in [-0.05, 0) is 25.0 Å². The number of para-hydroxylation sites is 1. The molecule has 0 bridgehead atoms. The molecular weight excluding hydrogens is 292 g/mol. The van der Waals surface area contributed by atoms with Crippen LogP contribution in [0, 0.1) is 0 Å². The predicted molar refractivity (Wildman–Crippen MR) is 87.1 cm³/mol. The molecule has 0 aliphatic carbocycles. The quantitative estimate of drug-likeness (QED) is 0.874. The largest absolute Gasteiger partial charge is 0.489 e. The third-order valence-corrected chi connectivity index (χ3v) is 3.87. The summed E-state index contributed by atoms with van der Waals surface area (Å²) in [5.41, 5.74) is 2.22. The summed E-state index contributed by atoms with van der Waals surface area (Å²) in [4.78, 5) is 14.3. The molecule has 1 unspecified atom stereocenters. The van der Waals surface area contributed by atoms with E-state index in [1.807, 2.05) is 31.3 Å². The van der Waals surface area contributed by atoms with Crippen molar-refractivity contribution in [2.24, 2.45) is 0 Å². The maximum atomic E-state index is 12.2. The Balaban J connectivity index is 1.51. The molecule has 1 atom stereocenters. The van der Waals surface area contributed by atoms with Crippen LogP contribution in [0.2, 0.25) is 0 Å². The van der Waals surface area contributed by atoms with Crippen molar-refractivity contribution in [3.8, 4) is 5.75 Å². The number of rotatable bonds is 5. The molecule has 2 N–H and O–H groups in total. The van der Waals surface area contributed by atoms with Gasteiger partial charge in [0.05, 0.1) is 12.7 Å². The molecule has 2 heterocycles. The summed E-state index contributed by atoms with van der Waals surface area (Å²) in [6.07, 6.45) is 4.47. The van der Waals surface area contributed by atoms with Crippen molar-refractivity contribution >= 4 is 5.91 Å². The summed E-state index contributed by atoms with van der Waals surface area (Å²) in [6.45, 7) is 4.51. The van der Waals surface area contributed by atoms with Crippen LogP contribution in [0.15, 0.2) is 36.7 Å². The number of hydrogen-bond donors (Lipinski definition) is 2. The number of carbonyl (C=O) groups excluding carboxylic acids is 1. The number of nitrogens with zero attached hydrogens (tertiary/aromatic N) is 2. The molecule has 23 heavy (non-hydrogen) atoms. The average Bonchev–Trinajstić information content (AvgIpc) is 2.96. The first-order valence-corrected chi connectivity index (χ1v) is 7.92. The summed E-state index contributed by atoms with van der Waals surface area (Å²) < 4.78 is 5.91. The van der Waals surface area contributed by atoms with Gasteiger partial charge >= 0.3 is 0 Å². The standard InChI is InChI=1S/C17H22N4O2/c1-13-10-21(11-15-4-2-3-5-16(15)23-13)12-17(22)18-7-6-14-8-19-20-9-14/h2-5,8-9,13H,6-7,10-12H2,1H3,(H,18,22)(H,19,20). The zero-order valence-electron chi connectivity index (χ0n) is 13.3. The fourth-order valence-corrected chi connectivity index (χ4v) is 2.81. The van der Waals surface area contributed by atoms with Crippen LogP contribution in [0.4, 0.5) is 0 Å². The first-order valence-electron chi connectivity index (χ1n) is 7.92. The van der Waals surface area contributed by atoms with Crippen molar-refractivity contribution in [3.05, 3.63) is 47.8 Å².